The molecule has 1 aromatic rings. The molecule has 25 heavy (non-hydrogen) atoms. The van der Waals surface area contributed by atoms with Crippen molar-refractivity contribution in [2.75, 3.05) is 19.8 Å². The fourth-order valence-corrected chi connectivity index (χ4v) is 3.06. The molecule has 0 spiro atoms. The lowest BCUT2D eigenvalue weighted by atomic mass is 9.93. The highest BCUT2D eigenvalue weighted by Crippen LogP contribution is 2.38. The first kappa shape index (κ1) is 19.8. The second kappa shape index (κ2) is 7.79. The molecule has 0 saturated heterocycles. The zero-order chi connectivity index (χ0) is 18.7. The van der Waals surface area contributed by atoms with Crippen molar-refractivity contribution in [3.05, 3.63) is 35.4 Å². The van der Waals surface area contributed by atoms with Crippen molar-refractivity contribution in [3.8, 4) is 5.75 Å². The largest absolute Gasteiger partial charge is 0.493 e. The number of nitrogens with two attached hydrogens (primary N) is 1. The minimum atomic E-state index is -4.46. The van der Waals surface area contributed by atoms with Gasteiger partial charge in [0.25, 0.3) is 0 Å². The van der Waals surface area contributed by atoms with Gasteiger partial charge in [-0.2, -0.15) is 13.2 Å². The van der Waals surface area contributed by atoms with Crippen LogP contribution in [-0.2, 0) is 10.9 Å². The molecule has 1 aliphatic heterocycles. The molecule has 3 nitrogen and oxygen atoms in total. The summed E-state index contributed by atoms with van der Waals surface area (Å²) in [4.78, 5) is 0. The number of halogens is 3. The molecular formula is C19H26F3NO2. The fourth-order valence-electron chi connectivity index (χ4n) is 3.06. The van der Waals surface area contributed by atoms with Crippen molar-refractivity contribution in [2.24, 2.45) is 11.7 Å². The second-order valence-corrected chi connectivity index (χ2v) is 7.37. The van der Waals surface area contributed by atoms with E-state index in [1.54, 1.807) is 6.07 Å². The van der Waals surface area contributed by atoms with E-state index in [1.807, 2.05) is 26.8 Å². The van der Waals surface area contributed by atoms with Crippen LogP contribution < -0.4 is 10.5 Å². The van der Waals surface area contributed by atoms with E-state index in [0.717, 1.165) is 5.57 Å². The van der Waals surface area contributed by atoms with Crippen LogP contribution in [0.5, 0.6) is 5.75 Å². The lowest BCUT2D eigenvalue weighted by molar-refractivity contribution is -0.139. The van der Waals surface area contributed by atoms with Gasteiger partial charge in [-0.1, -0.05) is 19.1 Å². The SMILES string of the molecule is C[C@H](COc1ccc(C2=CCOCC2)cc1C(F)(F)F)CC(C)(C)N. The molecule has 1 heterocycles. The Bertz CT molecular complexity index is 618. The number of alkyl halides is 3. The third-order valence-electron chi connectivity index (χ3n) is 4.02. The van der Waals surface area contributed by atoms with Gasteiger partial charge in [-0.25, -0.2) is 0 Å². The van der Waals surface area contributed by atoms with E-state index in [2.05, 4.69) is 0 Å². The Hall–Kier alpha value is -1.53. The summed E-state index contributed by atoms with van der Waals surface area (Å²) in [6.07, 6.45) is -1.36. The summed E-state index contributed by atoms with van der Waals surface area (Å²) in [7, 11) is 0. The van der Waals surface area contributed by atoms with Crippen molar-refractivity contribution in [2.45, 2.75) is 45.3 Å². The van der Waals surface area contributed by atoms with Crippen LogP contribution in [0.1, 0.15) is 44.7 Å². The van der Waals surface area contributed by atoms with Gasteiger partial charge in [0.1, 0.15) is 5.75 Å². The van der Waals surface area contributed by atoms with Crippen molar-refractivity contribution < 1.29 is 22.6 Å². The molecule has 0 aromatic heterocycles. The van der Waals surface area contributed by atoms with Gasteiger partial charge in [-0.05, 0) is 55.9 Å². The molecule has 0 unspecified atom stereocenters. The number of hydrogen-bond acceptors (Lipinski definition) is 3. The molecule has 0 amide bonds. The molecule has 1 aromatic carbocycles. The van der Waals surface area contributed by atoms with E-state index in [4.69, 9.17) is 15.2 Å². The molecule has 6 heteroatoms. The zero-order valence-corrected chi connectivity index (χ0v) is 15.0. The summed E-state index contributed by atoms with van der Waals surface area (Å²) in [5.74, 6) is -0.0791. The second-order valence-electron chi connectivity index (χ2n) is 7.37. The van der Waals surface area contributed by atoms with Gasteiger partial charge in [0.05, 0.1) is 25.4 Å². The molecule has 140 valence electrons. The van der Waals surface area contributed by atoms with Crippen molar-refractivity contribution in [1.82, 2.24) is 0 Å². The molecule has 2 rings (SSSR count). The van der Waals surface area contributed by atoms with Crippen LogP contribution in [-0.4, -0.2) is 25.4 Å². The molecule has 0 fully saturated rings. The number of rotatable bonds is 6. The predicted octanol–water partition coefficient (Wildman–Crippen LogP) is 4.65. The average Bonchev–Trinajstić information content (AvgIpc) is 2.51. The van der Waals surface area contributed by atoms with Crippen molar-refractivity contribution in [1.29, 1.82) is 0 Å². The summed E-state index contributed by atoms with van der Waals surface area (Å²) in [6.45, 7) is 6.85. The van der Waals surface area contributed by atoms with Crippen LogP contribution >= 0.6 is 0 Å². The zero-order valence-electron chi connectivity index (χ0n) is 15.0. The van der Waals surface area contributed by atoms with Crippen molar-refractivity contribution in [3.63, 3.8) is 0 Å². The molecule has 2 N–H and O–H groups in total. The van der Waals surface area contributed by atoms with Gasteiger partial charge < -0.3 is 15.2 Å². The standard InChI is InChI=1S/C19H26F3NO2/c1-13(11-18(2,3)23)12-25-17-5-4-15(10-16(17)19(20,21)22)14-6-8-24-9-7-14/h4-6,10,13H,7-9,11-12,23H2,1-3H3/t13-/m0/s1. The van der Waals surface area contributed by atoms with Crippen LogP contribution in [0.15, 0.2) is 24.3 Å². The summed E-state index contributed by atoms with van der Waals surface area (Å²) >= 11 is 0. The summed E-state index contributed by atoms with van der Waals surface area (Å²) in [6, 6.07) is 4.26. The lowest BCUT2D eigenvalue weighted by Crippen LogP contribution is -2.35. The van der Waals surface area contributed by atoms with Crippen LogP contribution in [0.2, 0.25) is 0 Å². The summed E-state index contributed by atoms with van der Waals surface area (Å²) < 4.78 is 51.0. The highest BCUT2D eigenvalue weighted by atomic mass is 19.4. The van der Waals surface area contributed by atoms with Gasteiger partial charge in [-0.3, -0.25) is 0 Å². The monoisotopic (exact) mass is 357 g/mol. The highest BCUT2D eigenvalue weighted by Gasteiger charge is 2.35. The van der Waals surface area contributed by atoms with Gasteiger partial charge in [-0.15, -0.1) is 0 Å². The highest BCUT2D eigenvalue weighted by molar-refractivity contribution is 5.68. The fraction of sp³-hybridized carbons (Fsp3) is 0.579. The summed E-state index contributed by atoms with van der Waals surface area (Å²) in [5, 5.41) is 0. The minimum Gasteiger partial charge on any atom is -0.493 e. The van der Waals surface area contributed by atoms with E-state index >= 15 is 0 Å². The summed E-state index contributed by atoms with van der Waals surface area (Å²) in [5.41, 5.74) is 6.28. The minimum absolute atomic E-state index is 0.0546. The Morgan fingerprint density at radius 3 is 2.56 bits per heavy atom. The van der Waals surface area contributed by atoms with Gasteiger partial charge in [0.15, 0.2) is 0 Å². The molecule has 0 saturated carbocycles. The van der Waals surface area contributed by atoms with Gasteiger partial charge in [0.2, 0.25) is 0 Å². The molecule has 1 aliphatic rings. The van der Waals surface area contributed by atoms with Crippen LogP contribution in [0.25, 0.3) is 5.57 Å². The average molecular weight is 357 g/mol. The van der Waals surface area contributed by atoms with Crippen LogP contribution in [0.3, 0.4) is 0 Å². The molecule has 0 aliphatic carbocycles. The molecule has 1 atom stereocenters. The third-order valence-corrected chi connectivity index (χ3v) is 4.02. The first-order valence-electron chi connectivity index (χ1n) is 8.46. The Labute approximate surface area is 147 Å². The van der Waals surface area contributed by atoms with Crippen LogP contribution in [0.4, 0.5) is 13.2 Å². The Morgan fingerprint density at radius 2 is 2.00 bits per heavy atom. The van der Waals surface area contributed by atoms with Gasteiger partial charge >= 0.3 is 6.18 Å². The quantitative estimate of drug-likeness (QED) is 0.806. The van der Waals surface area contributed by atoms with E-state index in [0.29, 0.717) is 31.6 Å². The maximum Gasteiger partial charge on any atom is 0.419 e. The maximum absolute atomic E-state index is 13.4. The molecule has 0 bridgehead atoms. The van der Waals surface area contributed by atoms with E-state index in [9.17, 15) is 13.2 Å². The molecular weight excluding hydrogens is 331 g/mol. The Balaban J connectivity index is 2.18. The van der Waals surface area contributed by atoms with E-state index in [1.165, 1.54) is 12.1 Å². The van der Waals surface area contributed by atoms with Gasteiger partial charge in [0, 0.05) is 5.54 Å². The van der Waals surface area contributed by atoms with E-state index in [-0.39, 0.29) is 23.8 Å². The third kappa shape index (κ3) is 6.04. The maximum atomic E-state index is 13.4. The number of hydrogen-bond donors (Lipinski definition) is 1. The van der Waals surface area contributed by atoms with E-state index < -0.39 is 11.7 Å². The molecule has 0 radical (unpaired) electrons. The lowest BCUT2D eigenvalue weighted by Gasteiger charge is -2.24. The van der Waals surface area contributed by atoms with Crippen molar-refractivity contribution >= 4 is 5.57 Å². The Morgan fingerprint density at radius 1 is 1.28 bits per heavy atom. The number of ether oxygens (including phenoxy) is 2. The predicted molar refractivity (Wildman–Crippen MR) is 92.4 cm³/mol. The first-order valence-corrected chi connectivity index (χ1v) is 8.46. The topological polar surface area (TPSA) is 44.5 Å². The number of benzene rings is 1. The van der Waals surface area contributed by atoms with Crippen LogP contribution in [0, 0.1) is 5.92 Å². The Kier molecular flexibility index (Phi) is 6.16. The normalized spacial score (nSPS) is 17.2. The smallest absolute Gasteiger partial charge is 0.419 e. The first-order chi connectivity index (χ1) is 11.6.